The summed E-state index contributed by atoms with van der Waals surface area (Å²) in [5.41, 5.74) is -2.86. The number of halogens is 2. The zero-order valence-electron chi connectivity index (χ0n) is 28.1. The molecule has 3 N–H and O–H groups in total. The zero-order valence-corrected chi connectivity index (χ0v) is 31.3. The van der Waals surface area contributed by atoms with Gasteiger partial charge in [-0.25, -0.2) is 13.6 Å². The number of carbonyl (C=O) groups excluding carboxylic acids is 5. The van der Waals surface area contributed by atoms with Crippen LogP contribution in [0, 0.1) is 11.6 Å². The lowest BCUT2D eigenvalue weighted by atomic mass is 9.51. The highest BCUT2D eigenvalue weighted by atomic mass is 33.1. The fourth-order valence-corrected chi connectivity index (χ4v) is 17.7. The molecule has 19 heteroatoms. The minimum absolute atomic E-state index is 0.0265. The summed E-state index contributed by atoms with van der Waals surface area (Å²) in [6, 6.07) is 6.80. The number of alkyl carbamates (subject to hydrolysis) is 1. The number of hydrogen-bond acceptors (Lipinski definition) is 12. The van der Waals surface area contributed by atoms with E-state index in [1.54, 1.807) is 19.9 Å². The van der Waals surface area contributed by atoms with Crippen molar-refractivity contribution in [2.45, 2.75) is 75.0 Å². The van der Waals surface area contributed by atoms with Crippen LogP contribution < -0.4 is 10.6 Å². The summed E-state index contributed by atoms with van der Waals surface area (Å²) in [7, 11) is 8.58. The summed E-state index contributed by atoms with van der Waals surface area (Å²) in [5.74, 6) is -3.55. The third-order valence-electron chi connectivity index (χ3n) is 13.0. The van der Waals surface area contributed by atoms with E-state index in [1.165, 1.54) is 71.1 Å². The van der Waals surface area contributed by atoms with Gasteiger partial charge >= 0.3 is 6.09 Å². The van der Waals surface area contributed by atoms with Gasteiger partial charge in [0.15, 0.2) is 15.8 Å². The lowest BCUT2D eigenvalue weighted by Crippen LogP contribution is -2.77. The maximum atomic E-state index is 15.9. The number of amides is 5. The van der Waals surface area contributed by atoms with E-state index in [2.05, 4.69) is 10.6 Å². The molecule has 2 aromatic rings. The largest absolute Gasteiger partial charge is 0.441 e. The van der Waals surface area contributed by atoms with E-state index in [1.807, 2.05) is 0 Å². The molecule has 4 bridgehead atoms. The third-order valence-corrected chi connectivity index (χ3v) is 20.3. The van der Waals surface area contributed by atoms with E-state index in [0.717, 1.165) is 43.2 Å². The van der Waals surface area contributed by atoms with Gasteiger partial charge in [0.1, 0.15) is 23.9 Å². The van der Waals surface area contributed by atoms with Crippen molar-refractivity contribution < 1.29 is 42.6 Å². The van der Waals surface area contributed by atoms with E-state index in [0.29, 0.717) is 11.3 Å². The van der Waals surface area contributed by atoms with Crippen LogP contribution in [-0.2, 0) is 41.2 Å². The Morgan fingerprint density at radius 1 is 0.846 bits per heavy atom. The smallest absolute Gasteiger partial charge is 0.407 e. The molecule has 8 fully saturated rings. The number of ether oxygens (including phenoxy) is 1. The Morgan fingerprint density at radius 3 is 2.08 bits per heavy atom. The van der Waals surface area contributed by atoms with E-state index in [9.17, 15) is 29.1 Å². The van der Waals surface area contributed by atoms with Crippen LogP contribution in [0.1, 0.15) is 30.5 Å². The number of likely N-dealkylation sites (N-methyl/N-ethyl adjacent to an activating group) is 2. The Balaban J connectivity index is 1.40. The highest BCUT2D eigenvalue weighted by molar-refractivity contribution is 8.78. The number of aliphatic hydroxyl groups excluding tert-OH is 1. The molecular formula is C33H30F2N6O7S4. The number of fused-ring (bicyclic) bond motifs is 11. The SMILES string of the molecule is CNC(=O)O[C@H]1[C@]2([C@@]34c5cc(F)ccc5C[C@@H]3N3C(=O)[C@]5(C)SS[C@]3(C(=O)N5C)[C@H]4O)c3cc(F)ccc3N[C@@H]2N2C(=O)[C@]3(C)SS[C@]12C(=O)N3C. The summed E-state index contributed by atoms with van der Waals surface area (Å²) < 4.78 is 38.1. The highest BCUT2D eigenvalue weighted by Gasteiger charge is 2.93. The quantitative estimate of drug-likeness (QED) is 0.383. The second kappa shape index (κ2) is 9.64. The predicted octanol–water partition coefficient (Wildman–Crippen LogP) is 2.15. The maximum Gasteiger partial charge on any atom is 0.407 e. The molecule has 0 saturated carbocycles. The average Bonchev–Trinajstić information content (AvgIpc) is 3.76. The number of benzene rings is 2. The first-order chi connectivity index (χ1) is 24.6. The van der Waals surface area contributed by atoms with Gasteiger partial charge in [0.05, 0.1) is 16.9 Å². The van der Waals surface area contributed by atoms with Gasteiger partial charge in [-0.2, -0.15) is 0 Å². The van der Waals surface area contributed by atoms with E-state index < -0.39 is 96.1 Å². The molecule has 52 heavy (non-hydrogen) atoms. The van der Waals surface area contributed by atoms with E-state index in [4.69, 9.17) is 4.74 Å². The lowest BCUT2D eigenvalue weighted by molar-refractivity contribution is -0.166. The van der Waals surface area contributed by atoms with Crippen molar-refractivity contribution in [1.82, 2.24) is 24.9 Å². The molecule has 0 aromatic heterocycles. The molecule has 9 heterocycles. The van der Waals surface area contributed by atoms with Crippen LogP contribution in [0.4, 0.5) is 19.3 Å². The number of rotatable bonds is 2. The third kappa shape index (κ3) is 3.01. The average molecular weight is 789 g/mol. The summed E-state index contributed by atoms with van der Waals surface area (Å²) in [6.07, 6.45) is -5.89. The number of aliphatic hydroxyl groups is 1. The first kappa shape index (κ1) is 33.2. The monoisotopic (exact) mass is 788 g/mol. The van der Waals surface area contributed by atoms with Crippen molar-refractivity contribution in [3.8, 4) is 0 Å². The Labute approximate surface area is 311 Å². The number of hydrogen-bond donors (Lipinski definition) is 3. The van der Waals surface area contributed by atoms with Crippen molar-refractivity contribution >= 4 is 78.6 Å². The van der Waals surface area contributed by atoms with Gasteiger partial charge in [-0.05, 0) is 88.9 Å². The van der Waals surface area contributed by atoms with E-state index in [-0.39, 0.29) is 17.5 Å². The molecule has 8 saturated heterocycles. The molecule has 272 valence electrons. The molecule has 5 amide bonds. The fraction of sp³-hybridized carbons (Fsp3) is 0.485. The summed E-state index contributed by atoms with van der Waals surface area (Å²) in [5, 5.41) is 19.3. The minimum Gasteiger partial charge on any atom is -0.441 e. The number of carbonyl (C=O) groups is 5. The molecular weight excluding hydrogens is 759 g/mol. The molecule has 9 aliphatic heterocycles. The zero-order chi connectivity index (χ0) is 36.9. The lowest BCUT2D eigenvalue weighted by Gasteiger charge is -2.58. The first-order valence-corrected chi connectivity index (χ1v) is 20.8. The van der Waals surface area contributed by atoms with Crippen molar-refractivity contribution in [3.05, 3.63) is 64.7 Å². The van der Waals surface area contributed by atoms with Crippen LogP contribution in [0.3, 0.4) is 0 Å². The van der Waals surface area contributed by atoms with Crippen molar-refractivity contribution in [3.63, 3.8) is 0 Å². The van der Waals surface area contributed by atoms with E-state index >= 15 is 8.78 Å². The second-order valence-electron chi connectivity index (χ2n) is 14.7. The molecule has 13 nitrogen and oxygen atoms in total. The molecule has 2 spiro atoms. The van der Waals surface area contributed by atoms with Crippen LogP contribution in [-0.4, -0.2) is 119 Å². The Bertz CT molecular complexity index is 2150. The molecule has 2 aromatic carbocycles. The number of anilines is 1. The molecule has 0 radical (unpaired) electrons. The molecule has 12 rings (SSSR count). The van der Waals surface area contributed by atoms with Gasteiger partial charge in [0.2, 0.25) is 9.74 Å². The van der Waals surface area contributed by atoms with Gasteiger partial charge in [-0.15, -0.1) is 0 Å². The van der Waals surface area contributed by atoms with Crippen molar-refractivity contribution in [1.29, 1.82) is 0 Å². The van der Waals surface area contributed by atoms with Gasteiger partial charge in [-0.3, -0.25) is 24.1 Å². The molecule has 0 unspecified atom stereocenters. The Kier molecular flexibility index (Phi) is 6.15. The van der Waals surface area contributed by atoms with Gasteiger partial charge in [0.25, 0.3) is 23.6 Å². The normalized spacial score (nSPS) is 42.9. The van der Waals surface area contributed by atoms with Gasteiger partial charge in [0, 0.05) is 26.8 Å². The highest BCUT2D eigenvalue weighted by Crippen LogP contribution is 2.79. The second-order valence-corrected chi connectivity index (χ2v) is 20.2. The van der Waals surface area contributed by atoms with Crippen LogP contribution >= 0.6 is 43.2 Å². The molecule has 10 atom stereocenters. The molecule has 10 aliphatic rings. The summed E-state index contributed by atoms with van der Waals surface area (Å²) >= 11 is 0. The van der Waals surface area contributed by atoms with Crippen LogP contribution in [0.2, 0.25) is 0 Å². The number of nitrogens with zero attached hydrogens (tertiary/aromatic N) is 4. The summed E-state index contributed by atoms with van der Waals surface area (Å²) in [4.78, 5) is 71.8. The number of nitrogens with one attached hydrogen (secondary N) is 2. The van der Waals surface area contributed by atoms with Gasteiger partial charge in [-0.1, -0.05) is 27.7 Å². The van der Waals surface area contributed by atoms with Crippen LogP contribution in [0.15, 0.2) is 36.4 Å². The van der Waals surface area contributed by atoms with Crippen LogP contribution in [0.25, 0.3) is 0 Å². The van der Waals surface area contributed by atoms with Gasteiger partial charge < -0.3 is 35.2 Å². The Morgan fingerprint density at radius 2 is 1.42 bits per heavy atom. The predicted molar refractivity (Wildman–Crippen MR) is 188 cm³/mol. The standard InChI is InChI=1S/C33H30F2N6O7S4/c1-28-23(43)40-19-10-13-6-7-14(34)11-16(13)30(19,20(42)32(40,51-49-28)25(45)38(28)4)31-17-12-15(35)8-9-18(17)37-22(31)41-24(44)29(2)39(5)26(46)33(41,52-50-29)21(31)48-27(47)36-3/h6-9,11-12,19-22,37,42H,10H2,1-5H3,(H,36,47)/t19-,20-,21-,22+,28-,29-,30-,31+,32-,33-/m0/s1. The van der Waals surface area contributed by atoms with Crippen molar-refractivity contribution in [2.24, 2.45) is 0 Å². The minimum atomic E-state index is -2.04. The molecule has 1 aliphatic carbocycles. The maximum absolute atomic E-state index is 15.9. The Hall–Kier alpha value is -3.39. The van der Waals surface area contributed by atoms with Crippen LogP contribution in [0.5, 0.6) is 0 Å². The fourth-order valence-electron chi connectivity index (χ4n) is 10.6. The summed E-state index contributed by atoms with van der Waals surface area (Å²) in [6.45, 7) is 3.23. The topological polar surface area (TPSA) is 152 Å². The van der Waals surface area contributed by atoms with Crippen molar-refractivity contribution in [2.75, 3.05) is 26.5 Å². The number of piperazine rings is 2. The first-order valence-electron chi connectivity index (χ1n) is 16.5.